The highest BCUT2D eigenvalue weighted by Gasteiger charge is 2.62. The van der Waals surface area contributed by atoms with E-state index in [4.69, 9.17) is 0 Å². The van der Waals surface area contributed by atoms with E-state index in [9.17, 15) is 13.2 Å². The molecule has 1 aromatic heterocycles. The summed E-state index contributed by atoms with van der Waals surface area (Å²) in [5, 5.41) is 0. The Kier molecular flexibility index (Phi) is 5.68. The van der Waals surface area contributed by atoms with Crippen molar-refractivity contribution in [2.24, 2.45) is 5.41 Å². The first-order valence-electron chi connectivity index (χ1n) is 10.5. The van der Waals surface area contributed by atoms with Gasteiger partial charge in [0.2, 0.25) is 15.9 Å². The summed E-state index contributed by atoms with van der Waals surface area (Å²) in [6.45, 7) is 0.558. The Morgan fingerprint density at radius 3 is 2.53 bits per heavy atom. The average Bonchev–Trinajstić information content (AvgIpc) is 3.30. The lowest BCUT2D eigenvalue weighted by molar-refractivity contribution is -0.142. The minimum atomic E-state index is -3.36. The van der Waals surface area contributed by atoms with Crippen molar-refractivity contribution in [1.82, 2.24) is 14.2 Å². The predicted octanol–water partition coefficient (Wildman–Crippen LogP) is 2.51. The first-order valence-corrected chi connectivity index (χ1v) is 12.3. The Bertz CT molecular complexity index is 997. The molecule has 0 N–H and O–H groups in total. The number of carbonyl (C=O) groups is 1. The zero-order chi connectivity index (χ0) is 21.4. The molecule has 2 fully saturated rings. The standard InChI is InChI=1S/C23H29N3O3S/c1-25(15-13-19-10-6-7-14-24-19)22(27)23(16-18-8-4-3-5-9-18)17-20-11-12-21(23)26(20)30(2,28)29/h3-10,14,20-21H,11-13,15-17H2,1-2H3/t20-,21+,23+/m1/s1. The van der Waals surface area contributed by atoms with Gasteiger partial charge < -0.3 is 4.90 Å². The van der Waals surface area contributed by atoms with E-state index in [0.29, 0.717) is 25.8 Å². The molecule has 6 nitrogen and oxygen atoms in total. The number of sulfonamides is 1. The molecule has 30 heavy (non-hydrogen) atoms. The Balaban J connectivity index is 1.62. The molecule has 0 saturated carbocycles. The molecule has 2 bridgehead atoms. The summed E-state index contributed by atoms with van der Waals surface area (Å²) in [4.78, 5) is 20.0. The van der Waals surface area contributed by atoms with Gasteiger partial charge in [-0.1, -0.05) is 36.4 Å². The van der Waals surface area contributed by atoms with Crippen molar-refractivity contribution < 1.29 is 13.2 Å². The number of carbonyl (C=O) groups excluding carboxylic acids is 1. The van der Waals surface area contributed by atoms with Crippen molar-refractivity contribution in [2.75, 3.05) is 19.8 Å². The Hall–Kier alpha value is -2.25. The third kappa shape index (κ3) is 3.88. The highest BCUT2D eigenvalue weighted by atomic mass is 32.2. The smallest absolute Gasteiger partial charge is 0.230 e. The van der Waals surface area contributed by atoms with Crippen molar-refractivity contribution in [3.8, 4) is 0 Å². The Morgan fingerprint density at radius 1 is 1.17 bits per heavy atom. The molecular weight excluding hydrogens is 398 g/mol. The van der Waals surface area contributed by atoms with Crippen LogP contribution in [0.1, 0.15) is 30.5 Å². The van der Waals surface area contributed by atoms with Crippen LogP contribution in [0.4, 0.5) is 0 Å². The predicted molar refractivity (Wildman–Crippen MR) is 116 cm³/mol. The van der Waals surface area contributed by atoms with Crippen LogP contribution in [0.2, 0.25) is 0 Å². The van der Waals surface area contributed by atoms with Gasteiger partial charge in [-0.15, -0.1) is 0 Å². The number of rotatable bonds is 7. The number of nitrogens with zero attached hydrogens (tertiary/aromatic N) is 3. The number of amides is 1. The lowest BCUT2D eigenvalue weighted by Crippen LogP contribution is -2.52. The summed E-state index contributed by atoms with van der Waals surface area (Å²) in [6, 6.07) is 15.4. The van der Waals surface area contributed by atoms with Crippen LogP contribution in [-0.2, 0) is 27.7 Å². The quantitative estimate of drug-likeness (QED) is 0.681. The molecule has 3 heterocycles. The highest BCUT2D eigenvalue weighted by Crippen LogP contribution is 2.53. The monoisotopic (exact) mass is 427 g/mol. The third-order valence-corrected chi connectivity index (χ3v) is 7.94. The molecule has 0 radical (unpaired) electrons. The van der Waals surface area contributed by atoms with Gasteiger partial charge in [0.25, 0.3) is 0 Å². The van der Waals surface area contributed by atoms with E-state index in [0.717, 1.165) is 24.1 Å². The van der Waals surface area contributed by atoms with Crippen LogP contribution in [0.5, 0.6) is 0 Å². The fourth-order valence-electron chi connectivity index (χ4n) is 5.39. The van der Waals surface area contributed by atoms with Crippen LogP contribution in [-0.4, -0.2) is 60.4 Å². The van der Waals surface area contributed by atoms with E-state index in [1.807, 2.05) is 55.6 Å². The zero-order valence-corrected chi connectivity index (χ0v) is 18.4. The van der Waals surface area contributed by atoms with Gasteiger partial charge in [-0.3, -0.25) is 9.78 Å². The first kappa shape index (κ1) is 21.0. The molecular formula is C23H29N3O3S. The number of hydrogen-bond donors (Lipinski definition) is 0. The summed E-state index contributed by atoms with van der Waals surface area (Å²) < 4.78 is 26.7. The van der Waals surface area contributed by atoms with Crippen molar-refractivity contribution in [3.63, 3.8) is 0 Å². The van der Waals surface area contributed by atoms with Crippen LogP contribution < -0.4 is 0 Å². The van der Waals surface area contributed by atoms with E-state index in [-0.39, 0.29) is 18.0 Å². The molecule has 160 valence electrons. The molecule has 1 amide bonds. The number of hydrogen-bond acceptors (Lipinski definition) is 4. The van der Waals surface area contributed by atoms with E-state index in [2.05, 4.69) is 4.98 Å². The Labute approximate surface area is 179 Å². The number of aromatic nitrogens is 1. The van der Waals surface area contributed by atoms with Crippen LogP contribution in [0, 0.1) is 5.41 Å². The van der Waals surface area contributed by atoms with Gasteiger partial charge in [-0.05, 0) is 43.4 Å². The van der Waals surface area contributed by atoms with Crippen LogP contribution in [0.15, 0.2) is 54.7 Å². The fraction of sp³-hybridized carbons (Fsp3) is 0.478. The van der Waals surface area contributed by atoms with Gasteiger partial charge in [0.05, 0.1) is 11.7 Å². The maximum Gasteiger partial charge on any atom is 0.230 e. The van der Waals surface area contributed by atoms with Crippen LogP contribution in [0.3, 0.4) is 0 Å². The second-order valence-electron chi connectivity index (χ2n) is 8.66. The number of benzene rings is 1. The van der Waals surface area contributed by atoms with Gasteiger partial charge >= 0.3 is 0 Å². The molecule has 4 rings (SSSR count). The molecule has 7 heteroatoms. The van der Waals surface area contributed by atoms with E-state index in [1.165, 1.54) is 6.26 Å². The van der Waals surface area contributed by atoms with E-state index in [1.54, 1.807) is 15.4 Å². The van der Waals surface area contributed by atoms with Crippen molar-refractivity contribution in [3.05, 3.63) is 66.0 Å². The summed E-state index contributed by atoms with van der Waals surface area (Å²) in [5.74, 6) is 0.0446. The van der Waals surface area contributed by atoms with E-state index >= 15 is 0 Å². The minimum Gasteiger partial charge on any atom is -0.345 e. The van der Waals surface area contributed by atoms with Gasteiger partial charge in [0.1, 0.15) is 0 Å². The zero-order valence-electron chi connectivity index (χ0n) is 17.6. The molecule has 0 unspecified atom stereocenters. The van der Waals surface area contributed by atoms with Gasteiger partial charge in [0.15, 0.2) is 0 Å². The normalized spacial score (nSPS) is 26.1. The number of fused-ring (bicyclic) bond motifs is 2. The summed E-state index contributed by atoms with van der Waals surface area (Å²) >= 11 is 0. The lowest BCUT2D eigenvalue weighted by atomic mass is 9.69. The molecule has 1 aromatic carbocycles. The average molecular weight is 428 g/mol. The largest absolute Gasteiger partial charge is 0.345 e. The van der Waals surface area contributed by atoms with Gasteiger partial charge in [-0.25, -0.2) is 8.42 Å². The molecule has 2 aliphatic heterocycles. The third-order valence-electron chi connectivity index (χ3n) is 6.63. The maximum absolute atomic E-state index is 13.8. The fourth-order valence-corrected chi connectivity index (χ4v) is 6.89. The van der Waals surface area contributed by atoms with Crippen LogP contribution >= 0.6 is 0 Å². The molecule has 2 saturated heterocycles. The van der Waals surface area contributed by atoms with E-state index < -0.39 is 15.4 Å². The maximum atomic E-state index is 13.8. The first-order chi connectivity index (χ1) is 14.3. The van der Waals surface area contributed by atoms with Gasteiger partial charge in [0, 0.05) is 44.0 Å². The lowest BCUT2D eigenvalue weighted by Gasteiger charge is -2.39. The number of pyridine rings is 1. The molecule has 0 aliphatic carbocycles. The molecule has 2 aromatic rings. The van der Waals surface area contributed by atoms with Gasteiger partial charge in [-0.2, -0.15) is 4.31 Å². The minimum absolute atomic E-state index is 0.0446. The molecule has 0 spiro atoms. The second-order valence-corrected chi connectivity index (χ2v) is 10.5. The summed E-state index contributed by atoms with van der Waals surface area (Å²) in [7, 11) is -1.54. The van der Waals surface area contributed by atoms with Crippen molar-refractivity contribution in [2.45, 2.75) is 44.2 Å². The highest BCUT2D eigenvalue weighted by molar-refractivity contribution is 7.88. The topological polar surface area (TPSA) is 70.6 Å². The number of likely N-dealkylation sites (N-methyl/N-ethyl adjacent to an activating group) is 1. The van der Waals surface area contributed by atoms with Crippen molar-refractivity contribution >= 4 is 15.9 Å². The second kappa shape index (κ2) is 8.12. The summed E-state index contributed by atoms with van der Waals surface area (Å²) in [6.07, 6.45) is 6.43. The molecule has 2 aliphatic rings. The van der Waals surface area contributed by atoms with Crippen molar-refractivity contribution in [1.29, 1.82) is 0 Å². The molecule has 3 atom stereocenters. The SMILES string of the molecule is CN(CCc1ccccn1)C(=O)[C@@]1(Cc2ccccc2)C[C@H]2CC[C@@H]1N2S(C)(=O)=O. The summed E-state index contributed by atoms with van der Waals surface area (Å²) in [5.41, 5.74) is 1.30. The Morgan fingerprint density at radius 2 is 1.90 bits per heavy atom. The van der Waals surface area contributed by atoms with Crippen LogP contribution in [0.25, 0.3) is 0 Å².